The van der Waals surface area contributed by atoms with Gasteiger partial charge in [0.25, 0.3) is 0 Å². The number of aromatic nitrogens is 1. The van der Waals surface area contributed by atoms with Crippen molar-refractivity contribution in [2.45, 2.75) is 24.9 Å². The number of rotatable bonds is 6. The maximum Gasteiger partial charge on any atom is 0.232 e. The minimum atomic E-state index is 0.104. The van der Waals surface area contributed by atoms with Crippen molar-refractivity contribution in [1.82, 2.24) is 15.2 Å². The predicted molar refractivity (Wildman–Crippen MR) is 75.7 cm³/mol. The van der Waals surface area contributed by atoms with E-state index in [0.29, 0.717) is 11.8 Å². The summed E-state index contributed by atoms with van der Waals surface area (Å²) in [5, 5.41) is 4.23. The molecule has 1 aromatic rings. The van der Waals surface area contributed by atoms with Crippen LogP contribution in [0.25, 0.3) is 0 Å². The topological polar surface area (TPSA) is 45.2 Å². The molecule has 1 unspecified atom stereocenters. The van der Waals surface area contributed by atoms with Gasteiger partial charge in [-0.3, -0.25) is 4.79 Å². The van der Waals surface area contributed by atoms with Crippen molar-refractivity contribution in [3.63, 3.8) is 0 Å². The second-order valence-electron chi connectivity index (χ2n) is 4.29. The van der Waals surface area contributed by atoms with Gasteiger partial charge in [-0.25, -0.2) is 4.98 Å². The van der Waals surface area contributed by atoms with E-state index in [1.54, 1.807) is 19.0 Å². The van der Waals surface area contributed by atoms with Crippen molar-refractivity contribution in [2.24, 2.45) is 0 Å². The molecule has 0 aliphatic heterocycles. The van der Waals surface area contributed by atoms with E-state index in [1.807, 2.05) is 12.3 Å². The number of hydrogen-bond acceptors (Lipinski definition) is 4. The van der Waals surface area contributed by atoms with Crippen LogP contribution in [0.15, 0.2) is 23.4 Å². The summed E-state index contributed by atoms with van der Waals surface area (Å²) in [6.45, 7) is 5.14. The van der Waals surface area contributed by atoms with E-state index in [-0.39, 0.29) is 5.91 Å². The van der Waals surface area contributed by atoms with Crippen LogP contribution in [0.2, 0.25) is 0 Å². The highest BCUT2D eigenvalue weighted by Crippen LogP contribution is 2.18. The maximum atomic E-state index is 11.4. The molecule has 1 N–H and O–H groups in total. The highest BCUT2D eigenvalue weighted by Gasteiger charge is 2.07. The van der Waals surface area contributed by atoms with Crippen LogP contribution < -0.4 is 5.32 Å². The fourth-order valence-electron chi connectivity index (χ4n) is 1.42. The first kappa shape index (κ1) is 15.0. The van der Waals surface area contributed by atoms with Crippen LogP contribution in [-0.4, -0.2) is 42.2 Å². The second kappa shape index (κ2) is 7.38. The number of thioether (sulfide) groups is 1. The third-order valence-electron chi connectivity index (χ3n) is 2.61. The van der Waals surface area contributed by atoms with Crippen molar-refractivity contribution in [3.05, 3.63) is 23.9 Å². The lowest BCUT2D eigenvalue weighted by molar-refractivity contribution is -0.125. The Kier molecular flexibility index (Phi) is 6.15. The van der Waals surface area contributed by atoms with Crippen LogP contribution in [0.3, 0.4) is 0 Å². The minimum absolute atomic E-state index is 0.104. The van der Waals surface area contributed by atoms with E-state index in [4.69, 9.17) is 0 Å². The fourth-order valence-corrected chi connectivity index (χ4v) is 2.24. The Bertz CT molecular complexity index is 378. The Morgan fingerprint density at radius 1 is 1.50 bits per heavy atom. The molecule has 0 radical (unpaired) electrons. The summed E-state index contributed by atoms with van der Waals surface area (Å²) >= 11 is 1.47. The molecule has 1 atom stereocenters. The first-order chi connectivity index (χ1) is 8.54. The van der Waals surface area contributed by atoms with E-state index in [2.05, 4.69) is 30.2 Å². The molecule has 18 heavy (non-hydrogen) atoms. The minimum Gasteiger partial charge on any atom is -0.348 e. The van der Waals surface area contributed by atoms with Gasteiger partial charge in [0, 0.05) is 26.3 Å². The molecule has 0 aliphatic rings. The Labute approximate surface area is 113 Å². The SMILES string of the molecule is CCNC(C)c1ccc(SCC(=O)N(C)C)nc1. The molecule has 5 heteroatoms. The predicted octanol–water partition coefficient (Wildman–Crippen LogP) is 1.93. The zero-order chi connectivity index (χ0) is 13.5. The van der Waals surface area contributed by atoms with Crippen molar-refractivity contribution in [3.8, 4) is 0 Å². The lowest BCUT2D eigenvalue weighted by atomic mass is 10.1. The Morgan fingerprint density at radius 2 is 2.22 bits per heavy atom. The standard InChI is InChI=1S/C13H21N3OS/c1-5-14-10(2)11-6-7-12(15-8-11)18-9-13(17)16(3)4/h6-8,10,14H,5,9H2,1-4H3. The lowest BCUT2D eigenvalue weighted by Gasteiger charge is -2.12. The highest BCUT2D eigenvalue weighted by atomic mass is 32.2. The molecular weight excluding hydrogens is 246 g/mol. The van der Waals surface area contributed by atoms with Gasteiger partial charge >= 0.3 is 0 Å². The molecule has 1 aromatic heterocycles. The Morgan fingerprint density at radius 3 is 2.72 bits per heavy atom. The van der Waals surface area contributed by atoms with Gasteiger partial charge in [-0.2, -0.15) is 0 Å². The molecule has 4 nitrogen and oxygen atoms in total. The van der Waals surface area contributed by atoms with Crippen LogP contribution in [0, 0.1) is 0 Å². The third-order valence-corrected chi connectivity index (χ3v) is 3.54. The average Bonchev–Trinajstić information content (AvgIpc) is 2.36. The van der Waals surface area contributed by atoms with Crippen molar-refractivity contribution in [2.75, 3.05) is 26.4 Å². The summed E-state index contributed by atoms with van der Waals surface area (Å²) in [4.78, 5) is 17.4. The van der Waals surface area contributed by atoms with Gasteiger partial charge in [0.1, 0.15) is 0 Å². The fraction of sp³-hybridized carbons (Fsp3) is 0.538. The number of amides is 1. The summed E-state index contributed by atoms with van der Waals surface area (Å²) in [6, 6.07) is 4.34. The van der Waals surface area contributed by atoms with Gasteiger partial charge in [-0.05, 0) is 25.1 Å². The molecule has 0 fully saturated rings. The molecule has 1 amide bonds. The zero-order valence-electron chi connectivity index (χ0n) is 11.4. The average molecular weight is 267 g/mol. The molecule has 0 saturated heterocycles. The number of carbonyl (C=O) groups excluding carboxylic acids is 1. The molecule has 1 rings (SSSR count). The van der Waals surface area contributed by atoms with Crippen molar-refractivity contribution < 1.29 is 4.79 Å². The number of carbonyl (C=O) groups is 1. The van der Waals surface area contributed by atoms with Gasteiger partial charge in [0.05, 0.1) is 10.8 Å². The van der Waals surface area contributed by atoms with Crippen LogP contribution in [0.1, 0.15) is 25.5 Å². The Hall–Kier alpha value is -1.07. The van der Waals surface area contributed by atoms with Gasteiger partial charge in [0.15, 0.2) is 0 Å². The molecule has 0 aliphatic carbocycles. The molecule has 0 aromatic carbocycles. The maximum absolute atomic E-state index is 11.4. The molecule has 100 valence electrons. The third kappa shape index (κ3) is 4.66. The summed E-state index contributed by atoms with van der Waals surface area (Å²) in [5.74, 6) is 0.536. The first-order valence-electron chi connectivity index (χ1n) is 6.07. The molecule has 0 spiro atoms. The molecular formula is C13H21N3OS. The van der Waals surface area contributed by atoms with Gasteiger partial charge in [-0.1, -0.05) is 24.8 Å². The number of pyridine rings is 1. The van der Waals surface area contributed by atoms with Crippen LogP contribution >= 0.6 is 11.8 Å². The van der Waals surface area contributed by atoms with E-state index in [1.165, 1.54) is 17.3 Å². The smallest absolute Gasteiger partial charge is 0.232 e. The van der Waals surface area contributed by atoms with Crippen LogP contribution in [0.5, 0.6) is 0 Å². The normalized spacial score (nSPS) is 12.2. The van der Waals surface area contributed by atoms with Crippen LogP contribution in [-0.2, 0) is 4.79 Å². The zero-order valence-corrected chi connectivity index (χ0v) is 12.3. The Balaban J connectivity index is 2.52. The highest BCUT2D eigenvalue weighted by molar-refractivity contribution is 7.99. The van der Waals surface area contributed by atoms with E-state index in [0.717, 1.165) is 11.6 Å². The van der Waals surface area contributed by atoms with E-state index >= 15 is 0 Å². The first-order valence-corrected chi connectivity index (χ1v) is 7.05. The van der Waals surface area contributed by atoms with Gasteiger partial charge in [-0.15, -0.1) is 0 Å². The van der Waals surface area contributed by atoms with Gasteiger partial charge in [0.2, 0.25) is 5.91 Å². The summed E-state index contributed by atoms with van der Waals surface area (Å²) < 4.78 is 0. The molecule has 1 heterocycles. The van der Waals surface area contributed by atoms with Crippen LogP contribution in [0.4, 0.5) is 0 Å². The second-order valence-corrected chi connectivity index (χ2v) is 5.28. The van der Waals surface area contributed by atoms with Crippen molar-refractivity contribution >= 4 is 17.7 Å². The van der Waals surface area contributed by atoms with E-state index in [9.17, 15) is 4.79 Å². The summed E-state index contributed by atoms with van der Waals surface area (Å²) in [7, 11) is 3.52. The van der Waals surface area contributed by atoms with E-state index < -0.39 is 0 Å². The number of hydrogen-bond donors (Lipinski definition) is 1. The number of nitrogens with zero attached hydrogens (tertiary/aromatic N) is 2. The van der Waals surface area contributed by atoms with Crippen molar-refractivity contribution in [1.29, 1.82) is 0 Å². The van der Waals surface area contributed by atoms with Gasteiger partial charge < -0.3 is 10.2 Å². The summed E-state index contributed by atoms with van der Waals surface area (Å²) in [5.41, 5.74) is 1.17. The molecule has 0 bridgehead atoms. The monoisotopic (exact) mass is 267 g/mol. The quantitative estimate of drug-likeness (QED) is 0.800. The molecule has 0 saturated carbocycles. The lowest BCUT2D eigenvalue weighted by Crippen LogP contribution is -2.23. The number of nitrogens with one attached hydrogen (secondary N) is 1. The largest absolute Gasteiger partial charge is 0.348 e. The summed E-state index contributed by atoms with van der Waals surface area (Å²) in [6.07, 6.45) is 1.87.